The van der Waals surface area contributed by atoms with Gasteiger partial charge in [0, 0.05) is 23.3 Å². The number of fused-ring (bicyclic) bond motifs is 6. The minimum Gasteiger partial charge on any atom is -0.450 e. The Bertz CT molecular complexity index is 1880. The molecule has 0 saturated heterocycles. The molecule has 1 unspecified atom stereocenters. The fourth-order valence-corrected chi connectivity index (χ4v) is 6.51. The van der Waals surface area contributed by atoms with Crippen LogP contribution >= 0.6 is 22.9 Å². The fourth-order valence-electron chi connectivity index (χ4n) is 5.22. The largest absolute Gasteiger partial charge is 0.450 e. The van der Waals surface area contributed by atoms with Crippen LogP contribution in [0, 0.1) is 5.82 Å². The number of anilines is 2. The van der Waals surface area contributed by atoms with Crippen LogP contribution in [0.5, 0.6) is 0 Å². The fraction of sp³-hybridized carbons (Fsp3) is 0.0769. The van der Waals surface area contributed by atoms with Gasteiger partial charge < -0.3 is 9.32 Å². The third-order valence-corrected chi connectivity index (χ3v) is 7.99. The summed E-state index contributed by atoms with van der Waals surface area (Å²) in [4.78, 5) is 49.3. The lowest BCUT2D eigenvalue weighted by Crippen LogP contribution is -2.53. The highest BCUT2D eigenvalue weighted by Gasteiger charge is 2.65. The molecule has 3 aromatic carbocycles. The Morgan fingerprint density at radius 1 is 1.06 bits per heavy atom. The molecular weight excluding hydrogens is 505 g/mol. The number of rotatable bonds is 1. The first-order chi connectivity index (χ1) is 17.3. The van der Waals surface area contributed by atoms with Crippen molar-refractivity contribution in [1.29, 1.82) is 0 Å². The lowest BCUT2D eigenvalue weighted by atomic mass is 9.84. The van der Waals surface area contributed by atoms with Crippen molar-refractivity contribution in [3.05, 3.63) is 98.6 Å². The van der Waals surface area contributed by atoms with Crippen LogP contribution in [0.25, 0.3) is 21.2 Å². The second-order valence-corrected chi connectivity index (χ2v) is 10.1. The van der Waals surface area contributed by atoms with Gasteiger partial charge in [-0.1, -0.05) is 41.1 Å². The third-order valence-electron chi connectivity index (χ3n) is 6.75. The summed E-state index contributed by atoms with van der Waals surface area (Å²) in [6, 6.07) is 15.5. The van der Waals surface area contributed by atoms with Crippen molar-refractivity contribution in [2.75, 3.05) is 16.8 Å². The number of carbonyl (C=O) groups is 2. The van der Waals surface area contributed by atoms with E-state index in [1.54, 1.807) is 49.5 Å². The molecule has 0 N–H and O–H groups in total. The minimum absolute atomic E-state index is 0.0497. The van der Waals surface area contributed by atoms with Crippen molar-refractivity contribution in [1.82, 2.24) is 4.98 Å². The van der Waals surface area contributed by atoms with Gasteiger partial charge in [-0.05, 0) is 42.5 Å². The number of carbonyl (C=O) groups excluding carboxylic acids is 2. The Kier molecular flexibility index (Phi) is 4.12. The summed E-state index contributed by atoms with van der Waals surface area (Å²) >= 11 is 7.33. The van der Waals surface area contributed by atoms with E-state index < -0.39 is 28.6 Å². The number of likely N-dealkylation sites (N-methyl/N-ethyl adjacent to an activating group) is 1. The molecule has 5 aromatic rings. The number of benzene rings is 3. The second-order valence-electron chi connectivity index (χ2n) is 8.62. The van der Waals surface area contributed by atoms with Crippen LogP contribution in [0.4, 0.5) is 15.2 Å². The average Bonchev–Trinajstić information content (AvgIpc) is 3.46. The van der Waals surface area contributed by atoms with Crippen molar-refractivity contribution < 1.29 is 18.4 Å². The predicted molar refractivity (Wildman–Crippen MR) is 135 cm³/mol. The highest BCUT2D eigenvalue weighted by atomic mass is 35.5. The summed E-state index contributed by atoms with van der Waals surface area (Å²) in [5, 5.41) is 0.644. The summed E-state index contributed by atoms with van der Waals surface area (Å²) in [6.45, 7) is 0. The van der Waals surface area contributed by atoms with Gasteiger partial charge in [-0.2, -0.15) is 0 Å². The van der Waals surface area contributed by atoms with Crippen LogP contribution in [0.3, 0.4) is 0 Å². The first-order valence-electron chi connectivity index (χ1n) is 10.9. The Balaban J connectivity index is 1.64. The molecule has 0 bridgehead atoms. The Morgan fingerprint density at radius 2 is 1.86 bits per heavy atom. The number of thiazole rings is 1. The maximum Gasteiger partial charge on any atom is 0.297 e. The molecule has 2 aliphatic rings. The van der Waals surface area contributed by atoms with E-state index in [2.05, 4.69) is 4.98 Å². The molecule has 2 aromatic heterocycles. The van der Waals surface area contributed by atoms with Crippen LogP contribution in [0.15, 0.2) is 69.9 Å². The van der Waals surface area contributed by atoms with Gasteiger partial charge in [0.05, 0.1) is 21.2 Å². The molecular formula is C26H13ClFN3O4S. The van der Waals surface area contributed by atoms with Gasteiger partial charge in [0.15, 0.2) is 16.1 Å². The molecule has 7 rings (SSSR count). The van der Waals surface area contributed by atoms with E-state index in [1.165, 1.54) is 27.2 Å². The standard InChI is InChI=1S/C26H13ClFN3O4S/c1-30-17-5-3-2-4-15(17)26(24(30)34)20-21(32)14-11-13(28)7-9-18(14)35-22(20)23(33)31(26)25-29-16-8-6-12(27)10-19(16)36-25/h2-11H,1H3. The van der Waals surface area contributed by atoms with E-state index in [0.717, 1.165) is 12.1 Å². The normalized spacial score (nSPS) is 18.6. The molecule has 0 saturated carbocycles. The maximum atomic E-state index is 14.1. The molecule has 1 spiro atoms. The van der Waals surface area contributed by atoms with Crippen molar-refractivity contribution in [3.63, 3.8) is 0 Å². The monoisotopic (exact) mass is 517 g/mol. The molecule has 10 heteroatoms. The highest BCUT2D eigenvalue weighted by molar-refractivity contribution is 7.22. The summed E-state index contributed by atoms with van der Waals surface area (Å²) in [5.41, 5.74) is -1.06. The molecule has 2 amide bonds. The van der Waals surface area contributed by atoms with Crippen LogP contribution in [-0.2, 0) is 10.3 Å². The minimum atomic E-state index is -1.86. The van der Waals surface area contributed by atoms with E-state index in [-0.39, 0.29) is 27.4 Å². The van der Waals surface area contributed by atoms with E-state index in [1.807, 2.05) is 0 Å². The molecule has 36 heavy (non-hydrogen) atoms. The molecule has 1 atom stereocenters. The zero-order chi connectivity index (χ0) is 24.9. The van der Waals surface area contributed by atoms with Crippen molar-refractivity contribution in [2.24, 2.45) is 0 Å². The molecule has 7 nitrogen and oxygen atoms in total. The molecule has 2 aliphatic heterocycles. The first kappa shape index (κ1) is 21.2. The van der Waals surface area contributed by atoms with Crippen molar-refractivity contribution in [2.45, 2.75) is 5.54 Å². The number of hydrogen-bond acceptors (Lipinski definition) is 6. The number of amides is 2. The first-order valence-corrected chi connectivity index (χ1v) is 12.1. The van der Waals surface area contributed by atoms with Gasteiger partial charge in [-0.3, -0.25) is 19.3 Å². The molecule has 4 heterocycles. The van der Waals surface area contributed by atoms with Gasteiger partial charge >= 0.3 is 0 Å². The SMILES string of the molecule is CN1C(=O)C2(c3ccccc31)c1c(oc3ccc(F)cc3c1=O)C(=O)N2c1nc2ccc(Cl)cc2s1. The summed E-state index contributed by atoms with van der Waals surface area (Å²) in [6.07, 6.45) is 0. The summed E-state index contributed by atoms with van der Waals surface area (Å²) < 4.78 is 20.7. The van der Waals surface area contributed by atoms with E-state index in [4.69, 9.17) is 16.0 Å². The van der Waals surface area contributed by atoms with E-state index in [0.29, 0.717) is 26.5 Å². The van der Waals surface area contributed by atoms with Gasteiger partial charge in [0.1, 0.15) is 11.4 Å². The average molecular weight is 518 g/mol. The van der Waals surface area contributed by atoms with Crippen molar-refractivity contribution >= 4 is 66.8 Å². The number of nitrogens with zero attached hydrogens (tertiary/aromatic N) is 3. The second kappa shape index (κ2) is 6.99. The quantitative estimate of drug-likeness (QED) is 0.310. The molecule has 0 fully saturated rings. The van der Waals surface area contributed by atoms with Crippen LogP contribution in [-0.4, -0.2) is 23.8 Å². The Morgan fingerprint density at radius 3 is 2.69 bits per heavy atom. The Hall–Kier alpha value is -4.08. The van der Waals surface area contributed by atoms with Gasteiger partial charge in [-0.25, -0.2) is 9.37 Å². The van der Waals surface area contributed by atoms with Crippen LogP contribution < -0.4 is 15.2 Å². The smallest absolute Gasteiger partial charge is 0.297 e. The highest BCUT2D eigenvalue weighted by Crippen LogP contribution is 2.54. The lowest BCUT2D eigenvalue weighted by Gasteiger charge is -2.31. The van der Waals surface area contributed by atoms with Gasteiger partial charge in [-0.15, -0.1) is 0 Å². The topological polar surface area (TPSA) is 83.7 Å². The molecule has 176 valence electrons. The lowest BCUT2D eigenvalue weighted by molar-refractivity contribution is -0.121. The number of hydrogen-bond donors (Lipinski definition) is 0. The number of halogens is 2. The maximum absolute atomic E-state index is 14.1. The van der Waals surface area contributed by atoms with Crippen LogP contribution in [0.1, 0.15) is 21.7 Å². The van der Waals surface area contributed by atoms with Crippen LogP contribution in [0.2, 0.25) is 5.02 Å². The van der Waals surface area contributed by atoms with E-state index in [9.17, 15) is 18.8 Å². The van der Waals surface area contributed by atoms with Gasteiger partial charge in [0.25, 0.3) is 11.8 Å². The number of para-hydroxylation sites is 1. The summed E-state index contributed by atoms with van der Waals surface area (Å²) in [5.74, 6) is -2.11. The zero-order valence-corrected chi connectivity index (χ0v) is 20.0. The zero-order valence-electron chi connectivity index (χ0n) is 18.4. The summed E-state index contributed by atoms with van der Waals surface area (Å²) in [7, 11) is 1.58. The molecule has 0 aliphatic carbocycles. The number of aromatic nitrogens is 1. The van der Waals surface area contributed by atoms with E-state index >= 15 is 0 Å². The molecule has 0 radical (unpaired) electrons. The predicted octanol–water partition coefficient (Wildman–Crippen LogP) is 5.08. The van der Waals surface area contributed by atoms with Crippen molar-refractivity contribution in [3.8, 4) is 0 Å². The third kappa shape index (κ3) is 2.46. The Labute approximate surface area is 210 Å². The van der Waals surface area contributed by atoms with Gasteiger partial charge in [0.2, 0.25) is 5.76 Å².